The highest BCUT2D eigenvalue weighted by Gasteiger charge is 2.24. The Bertz CT molecular complexity index is 3940. The van der Waals surface area contributed by atoms with Crippen molar-refractivity contribution in [3.8, 4) is 62.1 Å². The molecule has 0 aliphatic carbocycles. The van der Waals surface area contributed by atoms with Gasteiger partial charge in [0.1, 0.15) is 0 Å². The lowest BCUT2D eigenvalue weighted by Gasteiger charge is -2.20. The van der Waals surface area contributed by atoms with Crippen molar-refractivity contribution in [2.45, 2.75) is 0 Å². The van der Waals surface area contributed by atoms with Crippen LogP contribution in [0.15, 0.2) is 212 Å². The molecular weight excluding hydrogens is 791 g/mol. The van der Waals surface area contributed by atoms with Gasteiger partial charge in [0.25, 0.3) is 0 Å². The summed E-state index contributed by atoms with van der Waals surface area (Å²) in [5.74, 6) is 1.90. The molecule has 65 heavy (non-hydrogen) atoms. The summed E-state index contributed by atoms with van der Waals surface area (Å²) in [6.07, 6.45) is 0. The molecule has 2 aromatic heterocycles. The van der Waals surface area contributed by atoms with E-state index < -0.39 is 0 Å². The molecule has 0 unspecified atom stereocenters. The number of aromatic nitrogens is 4. The molecular formula is C60H35N5. The van der Waals surface area contributed by atoms with E-state index in [1.54, 1.807) is 0 Å². The van der Waals surface area contributed by atoms with E-state index in [1.165, 1.54) is 38.1 Å². The van der Waals surface area contributed by atoms with E-state index in [0.717, 1.165) is 71.5 Å². The molecule has 0 N–H and O–H groups in total. The maximum atomic E-state index is 8.07. The summed E-state index contributed by atoms with van der Waals surface area (Å²) in [5, 5.41) is 11.3. The molecule has 13 aromatic rings. The fourth-order valence-corrected chi connectivity index (χ4v) is 10.3. The van der Waals surface area contributed by atoms with Crippen LogP contribution in [0.4, 0.5) is 5.69 Å². The smallest absolute Gasteiger partial charge is 0.195 e. The third-order valence-corrected chi connectivity index (χ3v) is 13.0. The summed E-state index contributed by atoms with van der Waals surface area (Å²) >= 11 is 0. The maximum absolute atomic E-state index is 8.07. The Morgan fingerprint density at radius 1 is 0.323 bits per heavy atom. The van der Waals surface area contributed by atoms with Crippen LogP contribution in [-0.4, -0.2) is 19.5 Å². The highest BCUT2D eigenvalue weighted by molar-refractivity contribution is 6.31. The lowest BCUT2D eigenvalue weighted by molar-refractivity contribution is 1.08. The normalized spacial score (nSPS) is 11.7. The molecule has 13 rings (SSSR count). The fourth-order valence-electron chi connectivity index (χ4n) is 10.3. The Morgan fingerprint density at radius 2 is 0.723 bits per heavy atom. The predicted octanol–water partition coefficient (Wildman–Crippen LogP) is 15.9. The lowest BCUT2D eigenvalue weighted by Crippen LogP contribution is -2.00. The number of fused-ring (bicyclic) bond motifs is 3. The molecule has 0 atom stereocenters. The zero-order chi connectivity index (χ0) is 43.0. The topological polar surface area (TPSA) is 48.0 Å². The molecule has 300 valence electrons. The molecule has 0 bridgehead atoms. The van der Waals surface area contributed by atoms with Crippen LogP contribution in [0.5, 0.6) is 0 Å². The fraction of sp³-hybridized carbons (Fsp3) is 0. The molecule has 0 saturated heterocycles. The standard InChI is InChI=1S/C60H35N5/c1-61-51-34-36-53-57-50(51)32-30-48-47(33-35-52(56(48)57)65(53)39-21-9-4-10-22-39)55-44-27-15-13-25-42(44)54(43-26-14-16-28-45(43)55)46-29-31-49(41-24-12-11-23-40(41)46)60-63-58(37-17-5-2-6-18-37)62-59(64-60)38-19-7-3-8-20-38/h2-36H. The van der Waals surface area contributed by atoms with E-state index in [1.807, 2.05) is 66.7 Å². The van der Waals surface area contributed by atoms with Crippen molar-refractivity contribution in [1.29, 1.82) is 0 Å². The van der Waals surface area contributed by atoms with Gasteiger partial charge in [0, 0.05) is 33.2 Å². The zero-order valence-corrected chi connectivity index (χ0v) is 34.9. The highest BCUT2D eigenvalue weighted by Crippen LogP contribution is 2.50. The predicted molar refractivity (Wildman–Crippen MR) is 269 cm³/mol. The average molecular weight is 826 g/mol. The second kappa shape index (κ2) is 14.6. The van der Waals surface area contributed by atoms with Crippen LogP contribution < -0.4 is 0 Å². The van der Waals surface area contributed by atoms with Gasteiger partial charge in [-0.1, -0.05) is 182 Å². The Kier molecular flexibility index (Phi) is 8.21. The van der Waals surface area contributed by atoms with Crippen molar-refractivity contribution < 1.29 is 0 Å². The number of para-hydroxylation sites is 1. The van der Waals surface area contributed by atoms with Crippen LogP contribution in [0.1, 0.15) is 0 Å². The van der Waals surface area contributed by atoms with E-state index in [0.29, 0.717) is 23.2 Å². The molecule has 5 nitrogen and oxygen atoms in total. The number of hydrogen-bond acceptors (Lipinski definition) is 3. The number of hydrogen-bond donors (Lipinski definition) is 0. The average Bonchev–Trinajstić information content (AvgIpc) is 3.73. The van der Waals surface area contributed by atoms with Gasteiger partial charge >= 0.3 is 0 Å². The van der Waals surface area contributed by atoms with Gasteiger partial charge in [0.05, 0.1) is 17.6 Å². The van der Waals surface area contributed by atoms with Crippen LogP contribution >= 0.6 is 0 Å². The first kappa shape index (κ1) is 36.7. The molecule has 2 heterocycles. The first-order chi connectivity index (χ1) is 32.2. The van der Waals surface area contributed by atoms with Crippen LogP contribution in [0.25, 0.3) is 132 Å². The van der Waals surface area contributed by atoms with Gasteiger partial charge in [0.15, 0.2) is 23.2 Å². The Morgan fingerprint density at radius 3 is 1.28 bits per heavy atom. The van der Waals surface area contributed by atoms with Crippen LogP contribution in [0.2, 0.25) is 0 Å². The Labute approximate surface area is 374 Å². The van der Waals surface area contributed by atoms with Crippen LogP contribution in [0, 0.1) is 6.57 Å². The second-order valence-electron chi connectivity index (χ2n) is 16.5. The molecule has 0 saturated carbocycles. The van der Waals surface area contributed by atoms with E-state index >= 15 is 0 Å². The minimum absolute atomic E-state index is 0.628. The van der Waals surface area contributed by atoms with Gasteiger partial charge in [0.2, 0.25) is 0 Å². The van der Waals surface area contributed by atoms with E-state index in [2.05, 4.69) is 155 Å². The summed E-state index contributed by atoms with van der Waals surface area (Å²) < 4.78 is 2.35. The Hall–Kier alpha value is -8.98. The molecule has 11 aromatic carbocycles. The third kappa shape index (κ3) is 5.61. The quantitative estimate of drug-likeness (QED) is 0.0953. The highest BCUT2D eigenvalue weighted by atomic mass is 15.0. The van der Waals surface area contributed by atoms with E-state index in [4.69, 9.17) is 21.5 Å². The third-order valence-electron chi connectivity index (χ3n) is 13.0. The molecule has 0 spiro atoms. The van der Waals surface area contributed by atoms with Gasteiger partial charge in [-0.05, 0) is 95.7 Å². The summed E-state index contributed by atoms with van der Waals surface area (Å²) in [4.78, 5) is 19.2. The van der Waals surface area contributed by atoms with Crippen molar-refractivity contribution in [3.05, 3.63) is 224 Å². The summed E-state index contributed by atoms with van der Waals surface area (Å²) in [6.45, 7) is 8.07. The Balaban J connectivity index is 1.06. The van der Waals surface area contributed by atoms with E-state index in [9.17, 15) is 0 Å². The molecule has 0 fully saturated rings. The van der Waals surface area contributed by atoms with Crippen molar-refractivity contribution >= 4 is 70.6 Å². The first-order valence-electron chi connectivity index (χ1n) is 21.8. The minimum atomic E-state index is 0.628. The first-order valence-corrected chi connectivity index (χ1v) is 21.8. The lowest BCUT2D eigenvalue weighted by atomic mass is 9.83. The van der Waals surface area contributed by atoms with Gasteiger partial charge in [-0.2, -0.15) is 0 Å². The van der Waals surface area contributed by atoms with Gasteiger partial charge in [-0.15, -0.1) is 0 Å². The summed E-state index contributed by atoms with van der Waals surface area (Å²) in [5.41, 5.74) is 11.5. The van der Waals surface area contributed by atoms with Crippen molar-refractivity contribution in [1.82, 2.24) is 19.5 Å². The zero-order valence-electron chi connectivity index (χ0n) is 34.9. The van der Waals surface area contributed by atoms with Crippen LogP contribution in [0.3, 0.4) is 0 Å². The minimum Gasteiger partial charge on any atom is -0.309 e. The van der Waals surface area contributed by atoms with Crippen molar-refractivity contribution in [3.63, 3.8) is 0 Å². The number of nitrogens with zero attached hydrogens (tertiary/aromatic N) is 5. The molecule has 0 aliphatic heterocycles. The van der Waals surface area contributed by atoms with Crippen LogP contribution in [-0.2, 0) is 0 Å². The maximum Gasteiger partial charge on any atom is 0.195 e. The molecule has 0 radical (unpaired) electrons. The molecule has 0 amide bonds. The molecule has 5 heteroatoms. The van der Waals surface area contributed by atoms with Crippen molar-refractivity contribution in [2.75, 3.05) is 0 Å². The largest absolute Gasteiger partial charge is 0.309 e. The molecule has 0 aliphatic rings. The number of benzene rings is 11. The van der Waals surface area contributed by atoms with Crippen molar-refractivity contribution in [2.24, 2.45) is 0 Å². The van der Waals surface area contributed by atoms with Gasteiger partial charge < -0.3 is 4.57 Å². The second-order valence-corrected chi connectivity index (χ2v) is 16.5. The van der Waals surface area contributed by atoms with Gasteiger partial charge in [-0.25, -0.2) is 19.8 Å². The summed E-state index contributed by atoms with van der Waals surface area (Å²) in [6, 6.07) is 74.6. The van der Waals surface area contributed by atoms with E-state index in [-0.39, 0.29) is 0 Å². The SMILES string of the molecule is [C-]#[N+]c1ccc2c3c1ccc1c(-c4c5ccccc5c(-c5ccc(-c6nc(-c7ccccc7)nc(-c7ccccc7)n6)c6ccccc56)c5ccccc45)ccc(c13)n2-c1ccccc1. The summed E-state index contributed by atoms with van der Waals surface area (Å²) in [7, 11) is 0. The van der Waals surface area contributed by atoms with Gasteiger partial charge in [-0.3, -0.25) is 0 Å². The monoisotopic (exact) mass is 825 g/mol. The number of rotatable bonds is 6.